The van der Waals surface area contributed by atoms with Gasteiger partial charge in [0, 0.05) is 20.6 Å². The Hall–Kier alpha value is -2.03. The molecule has 1 unspecified atom stereocenters. The molecule has 0 bridgehead atoms. The van der Waals surface area contributed by atoms with Crippen molar-refractivity contribution in [2.45, 2.75) is 5.92 Å². The van der Waals surface area contributed by atoms with E-state index in [1.807, 2.05) is 6.07 Å². The third-order valence-corrected chi connectivity index (χ3v) is 4.88. The molecule has 1 aliphatic heterocycles. The van der Waals surface area contributed by atoms with Crippen molar-refractivity contribution < 1.29 is 9.53 Å². The fourth-order valence-electron chi connectivity index (χ4n) is 2.59. The van der Waals surface area contributed by atoms with Crippen LogP contribution < -0.4 is 0 Å². The summed E-state index contributed by atoms with van der Waals surface area (Å²) in [5.74, 6) is -2.18. The summed E-state index contributed by atoms with van der Waals surface area (Å²) < 4.78 is 5.33. The third-order valence-electron chi connectivity index (χ3n) is 3.77. The van der Waals surface area contributed by atoms with Crippen molar-refractivity contribution in [1.29, 1.82) is 10.7 Å². The van der Waals surface area contributed by atoms with Gasteiger partial charge in [-0.1, -0.05) is 58.5 Å². The lowest BCUT2D eigenvalue weighted by atomic mass is 9.93. The number of hydrogen-bond acceptors (Lipinski definition) is 4. The van der Waals surface area contributed by atoms with Gasteiger partial charge in [-0.2, -0.15) is 5.26 Å². The second kappa shape index (κ2) is 7.30. The number of carbonyl (C=O) groups is 1. The summed E-state index contributed by atoms with van der Waals surface area (Å²) in [7, 11) is 0. The Morgan fingerprint density at radius 1 is 1.04 bits per heavy atom. The van der Waals surface area contributed by atoms with Gasteiger partial charge in [0.25, 0.3) is 0 Å². The molecule has 0 saturated carbocycles. The maximum absolute atomic E-state index is 12.9. The quantitative estimate of drug-likeness (QED) is 0.481. The fourth-order valence-corrected chi connectivity index (χ4v) is 3.61. The van der Waals surface area contributed by atoms with Gasteiger partial charge in [0.1, 0.15) is 17.6 Å². The van der Waals surface area contributed by atoms with Crippen LogP contribution in [-0.4, -0.2) is 11.7 Å². The van der Waals surface area contributed by atoms with E-state index in [0.29, 0.717) is 15.6 Å². The van der Waals surface area contributed by atoms with Gasteiger partial charge < -0.3 is 4.74 Å². The Balaban J connectivity index is 2.12. The highest BCUT2D eigenvalue weighted by atomic mass is 35.5. The van der Waals surface area contributed by atoms with Crippen LogP contribution in [0.25, 0.3) is 5.57 Å². The van der Waals surface area contributed by atoms with Gasteiger partial charge in [-0.05, 0) is 29.8 Å². The van der Waals surface area contributed by atoms with Gasteiger partial charge in [0.2, 0.25) is 11.7 Å². The highest BCUT2D eigenvalue weighted by Crippen LogP contribution is 2.39. The van der Waals surface area contributed by atoms with Crippen LogP contribution in [0.2, 0.25) is 20.1 Å². The molecule has 1 saturated heterocycles. The lowest BCUT2D eigenvalue weighted by Gasteiger charge is -2.08. The normalized spacial score (nSPS) is 18.5. The second-order valence-electron chi connectivity index (χ2n) is 5.37. The molecule has 0 radical (unpaired) electrons. The maximum Gasteiger partial charge on any atom is 0.216 e. The van der Waals surface area contributed by atoms with E-state index in [4.69, 9.17) is 56.5 Å². The summed E-state index contributed by atoms with van der Waals surface area (Å²) >= 11 is 24.0. The number of benzene rings is 2. The Labute approximate surface area is 169 Å². The van der Waals surface area contributed by atoms with Crippen molar-refractivity contribution in [3.8, 4) is 6.07 Å². The van der Waals surface area contributed by atoms with Crippen LogP contribution in [0.5, 0.6) is 0 Å². The molecular weight excluding hydrogens is 418 g/mol. The van der Waals surface area contributed by atoms with E-state index in [9.17, 15) is 10.1 Å². The molecule has 0 spiro atoms. The van der Waals surface area contributed by atoms with Crippen molar-refractivity contribution in [2.24, 2.45) is 0 Å². The minimum absolute atomic E-state index is 0.0750. The second-order valence-corrected chi connectivity index (χ2v) is 7.06. The van der Waals surface area contributed by atoms with Crippen LogP contribution in [0.15, 0.2) is 42.2 Å². The smallest absolute Gasteiger partial charge is 0.216 e. The average molecular weight is 426 g/mol. The van der Waals surface area contributed by atoms with E-state index in [0.717, 1.165) is 0 Å². The standard InChI is InChI=1S/C18H8Cl4N2O2/c19-8-1-3-10(13(21)5-8)12(7-23)17-16(25)15(18(24)26-17)11-4-2-9(20)6-14(11)22/h1-6,15,24H/b17-12-,24-18?. The Morgan fingerprint density at radius 3 is 2.23 bits per heavy atom. The van der Waals surface area contributed by atoms with Gasteiger partial charge in [-0.3, -0.25) is 10.2 Å². The number of nitrogens with zero attached hydrogens (tertiary/aromatic N) is 1. The zero-order valence-corrected chi connectivity index (χ0v) is 15.8. The topological polar surface area (TPSA) is 73.9 Å². The molecular formula is C18H8Cl4N2O2. The van der Waals surface area contributed by atoms with Crippen molar-refractivity contribution in [3.05, 3.63) is 73.4 Å². The van der Waals surface area contributed by atoms with Gasteiger partial charge in [0.05, 0.1) is 5.02 Å². The summed E-state index contributed by atoms with van der Waals surface area (Å²) in [6, 6.07) is 11.0. The molecule has 1 fully saturated rings. The SMILES string of the molecule is N#C/C(=C1/OC(=N)C(c2ccc(Cl)cc2Cl)C1=O)c1ccc(Cl)cc1Cl. The molecule has 8 heteroatoms. The van der Waals surface area contributed by atoms with E-state index in [1.54, 1.807) is 18.2 Å². The molecule has 0 aromatic heterocycles. The lowest BCUT2D eigenvalue weighted by molar-refractivity contribution is -0.115. The summed E-state index contributed by atoms with van der Waals surface area (Å²) in [5.41, 5.74) is 0.590. The summed E-state index contributed by atoms with van der Waals surface area (Å²) in [6.07, 6.45) is 0. The number of nitrogens with one attached hydrogen (secondary N) is 1. The van der Waals surface area contributed by atoms with Crippen molar-refractivity contribution in [1.82, 2.24) is 0 Å². The molecule has 2 aromatic rings. The number of Topliss-reactive ketones (excluding diaryl/α,β-unsaturated/α-hetero) is 1. The molecule has 4 nitrogen and oxygen atoms in total. The van der Waals surface area contributed by atoms with E-state index >= 15 is 0 Å². The molecule has 3 rings (SSSR count). The monoisotopic (exact) mass is 424 g/mol. The van der Waals surface area contributed by atoms with Gasteiger partial charge in [-0.15, -0.1) is 0 Å². The molecule has 1 N–H and O–H groups in total. The first-order valence-electron chi connectivity index (χ1n) is 7.18. The fraction of sp³-hybridized carbons (Fsp3) is 0.0556. The number of rotatable bonds is 2. The maximum atomic E-state index is 12.9. The Morgan fingerprint density at radius 2 is 1.65 bits per heavy atom. The van der Waals surface area contributed by atoms with Crippen molar-refractivity contribution in [2.75, 3.05) is 0 Å². The molecule has 0 aliphatic carbocycles. The third kappa shape index (κ3) is 3.32. The largest absolute Gasteiger partial charge is 0.437 e. The van der Waals surface area contributed by atoms with Crippen LogP contribution in [-0.2, 0) is 9.53 Å². The lowest BCUT2D eigenvalue weighted by Crippen LogP contribution is -2.13. The number of ketones is 1. The summed E-state index contributed by atoms with van der Waals surface area (Å²) in [4.78, 5) is 12.9. The van der Waals surface area contributed by atoms with E-state index in [2.05, 4.69) is 0 Å². The van der Waals surface area contributed by atoms with Crippen LogP contribution in [0.1, 0.15) is 17.0 Å². The summed E-state index contributed by atoms with van der Waals surface area (Å²) in [6.45, 7) is 0. The first-order valence-corrected chi connectivity index (χ1v) is 8.70. The molecule has 0 amide bonds. The number of allylic oxidation sites excluding steroid dienone is 2. The van der Waals surface area contributed by atoms with Gasteiger partial charge >= 0.3 is 0 Å². The first-order chi connectivity index (χ1) is 12.3. The highest BCUT2D eigenvalue weighted by Gasteiger charge is 2.41. The highest BCUT2D eigenvalue weighted by molar-refractivity contribution is 6.37. The van der Waals surface area contributed by atoms with Crippen LogP contribution >= 0.6 is 46.4 Å². The van der Waals surface area contributed by atoms with Gasteiger partial charge in [-0.25, -0.2) is 0 Å². The molecule has 130 valence electrons. The van der Waals surface area contributed by atoms with E-state index in [1.165, 1.54) is 18.2 Å². The first kappa shape index (κ1) is 18.8. The minimum Gasteiger partial charge on any atom is -0.437 e. The predicted octanol–water partition coefficient (Wildman–Crippen LogP) is 5.90. The van der Waals surface area contributed by atoms with Crippen LogP contribution in [0.3, 0.4) is 0 Å². The van der Waals surface area contributed by atoms with Crippen molar-refractivity contribution in [3.63, 3.8) is 0 Å². The van der Waals surface area contributed by atoms with Crippen LogP contribution in [0, 0.1) is 16.7 Å². The minimum atomic E-state index is -1.05. The number of carbonyl (C=O) groups excluding carboxylic acids is 1. The number of nitriles is 1. The van der Waals surface area contributed by atoms with Crippen LogP contribution in [0.4, 0.5) is 0 Å². The van der Waals surface area contributed by atoms with Crippen molar-refractivity contribution >= 4 is 63.7 Å². The van der Waals surface area contributed by atoms with Gasteiger partial charge in [0.15, 0.2) is 5.76 Å². The average Bonchev–Trinajstić information content (AvgIpc) is 2.85. The Bertz CT molecular complexity index is 1020. The van der Waals surface area contributed by atoms with E-state index < -0.39 is 11.7 Å². The number of hydrogen-bond donors (Lipinski definition) is 1. The summed E-state index contributed by atoms with van der Waals surface area (Å²) in [5, 5.41) is 18.8. The predicted molar refractivity (Wildman–Crippen MR) is 102 cm³/mol. The molecule has 1 heterocycles. The van der Waals surface area contributed by atoms with E-state index in [-0.39, 0.29) is 32.8 Å². The molecule has 26 heavy (non-hydrogen) atoms. The number of ether oxygens (including phenoxy) is 1. The molecule has 1 aliphatic rings. The number of halogens is 4. The zero-order chi connectivity index (χ0) is 19.0. The Kier molecular flexibility index (Phi) is 5.27. The molecule has 2 aromatic carbocycles. The zero-order valence-electron chi connectivity index (χ0n) is 12.8. The molecule has 1 atom stereocenters.